The monoisotopic (exact) mass is 212 g/mol. The first-order valence-electron chi connectivity index (χ1n) is 3.96. The molecule has 0 aromatic heterocycles. The fourth-order valence-electron chi connectivity index (χ4n) is 0.760. The lowest BCUT2D eigenvalue weighted by Gasteiger charge is -2.17. The average Bonchev–Trinajstić information content (AvgIpc) is 2.04. The van der Waals surface area contributed by atoms with Crippen LogP contribution in [0, 0.1) is 10.1 Å². The Morgan fingerprint density at radius 3 is 1.36 bits per heavy atom. The molecule has 0 bridgehead atoms. The van der Waals surface area contributed by atoms with Gasteiger partial charge in [-0.2, -0.15) is 0 Å². The number of aliphatic hydroxyl groups excluding tert-OH is 3. The largest absolute Gasteiger partial charge is 0.395 e. The van der Waals surface area contributed by atoms with Gasteiger partial charge in [0.25, 0.3) is 5.09 Å². The fraction of sp³-hybridized carbons (Fsp3) is 1.00. The van der Waals surface area contributed by atoms with Gasteiger partial charge in [0.05, 0.1) is 19.8 Å². The highest BCUT2D eigenvalue weighted by atomic mass is 16.9. The van der Waals surface area contributed by atoms with Crippen molar-refractivity contribution in [1.82, 2.24) is 4.90 Å². The number of hydrogen-bond donors (Lipinski definition) is 4. The second kappa shape index (κ2) is 12.0. The molecule has 8 nitrogen and oxygen atoms in total. The van der Waals surface area contributed by atoms with Gasteiger partial charge in [0.2, 0.25) is 0 Å². The van der Waals surface area contributed by atoms with Crippen LogP contribution in [-0.2, 0) is 0 Å². The van der Waals surface area contributed by atoms with Crippen molar-refractivity contribution >= 4 is 0 Å². The highest BCUT2D eigenvalue weighted by Gasteiger charge is 2.00. The maximum atomic E-state index is 8.48. The lowest BCUT2D eigenvalue weighted by atomic mass is 10.4. The van der Waals surface area contributed by atoms with E-state index in [1.807, 2.05) is 0 Å². The van der Waals surface area contributed by atoms with E-state index < -0.39 is 5.09 Å². The minimum absolute atomic E-state index is 0.0694. The molecule has 4 N–H and O–H groups in total. The molecule has 8 heteroatoms. The number of rotatable bonds is 6. The molecule has 0 unspecified atom stereocenters. The maximum absolute atomic E-state index is 8.48. The molecule has 0 fully saturated rings. The first-order valence-corrected chi connectivity index (χ1v) is 3.96. The Labute approximate surface area is 81.1 Å². The molecule has 0 aliphatic heterocycles. The summed E-state index contributed by atoms with van der Waals surface area (Å²) in [5, 5.41) is 39.1. The van der Waals surface area contributed by atoms with E-state index in [2.05, 4.69) is 0 Å². The Hall–Kier alpha value is -0.960. The van der Waals surface area contributed by atoms with Gasteiger partial charge in [-0.15, -0.1) is 10.1 Å². The molecule has 0 aliphatic rings. The second-order valence-electron chi connectivity index (χ2n) is 2.25. The molecule has 0 aromatic rings. The summed E-state index contributed by atoms with van der Waals surface area (Å²) < 4.78 is 0. The minimum atomic E-state index is -1.50. The van der Waals surface area contributed by atoms with Gasteiger partial charge in [0.1, 0.15) is 0 Å². The quantitative estimate of drug-likeness (QED) is 0.294. The predicted octanol–water partition coefficient (Wildman–Crippen LogP) is -2.08. The molecule has 0 aromatic carbocycles. The summed E-state index contributed by atoms with van der Waals surface area (Å²) in [7, 11) is 0. The van der Waals surface area contributed by atoms with Crippen molar-refractivity contribution in [1.29, 1.82) is 0 Å². The SMILES string of the molecule is O=[N+]([O-])O.OCCN(CCO)CCO. The van der Waals surface area contributed by atoms with E-state index in [4.69, 9.17) is 30.6 Å². The zero-order valence-electron chi connectivity index (χ0n) is 7.74. The third kappa shape index (κ3) is 17.2. The van der Waals surface area contributed by atoms with Gasteiger partial charge in [-0.3, -0.25) is 4.90 Å². The average molecular weight is 212 g/mol. The van der Waals surface area contributed by atoms with Crippen molar-refractivity contribution in [2.45, 2.75) is 0 Å². The van der Waals surface area contributed by atoms with Crippen LogP contribution in [-0.4, -0.2) is 70.0 Å². The number of hydrogen-bond acceptors (Lipinski definition) is 6. The summed E-state index contributed by atoms with van der Waals surface area (Å²) >= 11 is 0. The molecule has 0 atom stereocenters. The van der Waals surface area contributed by atoms with Crippen LogP contribution in [0.15, 0.2) is 0 Å². The smallest absolute Gasteiger partial charge is 0.291 e. The zero-order chi connectivity index (χ0) is 11.4. The molecular weight excluding hydrogens is 196 g/mol. The Balaban J connectivity index is 0. The molecule has 0 amide bonds. The lowest BCUT2D eigenvalue weighted by molar-refractivity contribution is -0.742. The fourth-order valence-corrected chi connectivity index (χ4v) is 0.760. The highest BCUT2D eigenvalue weighted by Crippen LogP contribution is 1.84. The van der Waals surface area contributed by atoms with Crippen molar-refractivity contribution in [2.75, 3.05) is 39.5 Å². The first kappa shape index (κ1) is 15.5. The zero-order valence-corrected chi connectivity index (χ0v) is 7.74. The molecular formula is C6H16N2O6. The van der Waals surface area contributed by atoms with Gasteiger partial charge < -0.3 is 20.5 Å². The molecule has 0 spiro atoms. The summed E-state index contributed by atoms with van der Waals surface area (Å²) in [4.78, 5) is 10.2. The van der Waals surface area contributed by atoms with Gasteiger partial charge in [-0.25, -0.2) is 0 Å². The van der Waals surface area contributed by atoms with Crippen LogP contribution in [0.25, 0.3) is 0 Å². The third-order valence-electron chi connectivity index (χ3n) is 1.25. The molecule has 86 valence electrons. The van der Waals surface area contributed by atoms with E-state index >= 15 is 0 Å². The minimum Gasteiger partial charge on any atom is -0.395 e. The first-order chi connectivity index (χ1) is 6.58. The topological polar surface area (TPSA) is 127 Å². The molecule has 0 aliphatic carbocycles. The van der Waals surface area contributed by atoms with Crippen LogP contribution >= 0.6 is 0 Å². The van der Waals surface area contributed by atoms with Gasteiger partial charge in [-0.05, 0) is 0 Å². The van der Waals surface area contributed by atoms with Crippen LogP contribution in [0.1, 0.15) is 0 Å². The van der Waals surface area contributed by atoms with Gasteiger partial charge in [0.15, 0.2) is 0 Å². The summed E-state index contributed by atoms with van der Waals surface area (Å²) in [5.74, 6) is 0. The number of aliphatic hydroxyl groups is 3. The van der Waals surface area contributed by atoms with Crippen LogP contribution in [0.2, 0.25) is 0 Å². The number of nitrogens with zero attached hydrogens (tertiary/aromatic N) is 2. The summed E-state index contributed by atoms with van der Waals surface area (Å²) in [6.45, 7) is 1.75. The van der Waals surface area contributed by atoms with Gasteiger partial charge in [-0.1, -0.05) is 0 Å². The standard InChI is InChI=1S/C6H15NO3.HNO3/c8-4-1-7(2-5-9)3-6-10;2-1(3)4/h8-10H,1-6H2;(H,2,3,4). The Morgan fingerprint density at radius 2 is 1.21 bits per heavy atom. The summed E-state index contributed by atoms with van der Waals surface area (Å²) in [6, 6.07) is 0. The molecule has 0 saturated carbocycles. The third-order valence-corrected chi connectivity index (χ3v) is 1.25. The summed E-state index contributed by atoms with van der Waals surface area (Å²) in [5.41, 5.74) is 0. The van der Waals surface area contributed by atoms with E-state index in [1.165, 1.54) is 0 Å². The van der Waals surface area contributed by atoms with Crippen molar-refractivity contribution in [3.8, 4) is 0 Å². The maximum Gasteiger partial charge on any atom is 0.291 e. The van der Waals surface area contributed by atoms with Crippen molar-refractivity contribution in [3.63, 3.8) is 0 Å². The van der Waals surface area contributed by atoms with E-state index in [0.29, 0.717) is 19.6 Å². The Kier molecular flexibility index (Phi) is 13.3. The van der Waals surface area contributed by atoms with Gasteiger partial charge in [0, 0.05) is 19.6 Å². The van der Waals surface area contributed by atoms with Crippen LogP contribution in [0.5, 0.6) is 0 Å². The normalized spacial score (nSPS) is 9.43. The van der Waals surface area contributed by atoms with Crippen molar-refractivity contribution in [3.05, 3.63) is 10.1 Å². The molecule has 0 heterocycles. The van der Waals surface area contributed by atoms with E-state index in [0.717, 1.165) is 0 Å². The van der Waals surface area contributed by atoms with Crippen molar-refractivity contribution in [2.24, 2.45) is 0 Å². The summed E-state index contributed by atoms with van der Waals surface area (Å²) in [6.07, 6.45) is 0. The van der Waals surface area contributed by atoms with E-state index in [9.17, 15) is 0 Å². The lowest BCUT2D eigenvalue weighted by Crippen LogP contribution is -2.32. The van der Waals surface area contributed by atoms with Crippen LogP contribution < -0.4 is 0 Å². The molecule has 14 heavy (non-hydrogen) atoms. The Bertz CT molecular complexity index is 115. The molecule has 0 saturated heterocycles. The molecule has 0 radical (unpaired) electrons. The van der Waals surface area contributed by atoms with Crippen molar-refractivity contribution < 1.29 is 25.6 Å². The molecule has 0 rings (SSSR count). The van der Waals surface area contributed by atoms with Gasteiger partial charge >= 0.3 is 0 Å². The highest BCUT2D eigenvalue weighted by molar-refractivity contribution is 4.54. The van der Waals surface area contributed by atoms with E-state index in [1.54, 1.807) is 4.90 Å². The Morgan fingerprint density at radius 1 is 1.00 bits per heavy atom. The van der Waals surface area contributed by atoms with Crippen LogP contribution in [0.4, 0.5) is 0 Å². The second-order valence-corrected chi connectivity index (χ2v) is 2.25. The van der Waals surface area contributed by atoms with Crippen LogP contribution in [0.3, 0.4) is 0 Å². The predicted molar refractivity (Wildman–Crippen MR) is 46.5 cm³/mol. The van der Waals surface area contributed by atoms with E-state index in [-0.39, 0.29) is 19.8 Å².